The van der Waals surface area contributed by atoms with Crippen molar-refractivity contribution in [2.75, 3.05) is 39.4 Å². The minimum atomic E-state index is -0.218. The Bertz CT molecular complexity index is 557. The van der Waals surface area contributed by atoms with Crippen molar-refractivity contribution in [3.05, 3.63) is 30.3 Å². The second-order valence-electron chi connectivity index (χ2n) is 6.03. The van der Waals surface area contributed by atoms with Gasteiger partial charge in [-0.15, -0.1) is 0 Å². The van der Waals surface area contributed by atoms with Gasteiger partial charge in [-0.1, -0.05) is 18.2 Å². The number of nitrogens with zero attached hydrogens (tertiary/aromatic N) is 2. The number of nitrogens with one attached hydrogen (secondary N) is 2. The van der Waals surface area contributed by atoms with Gasteiger partial charge in [0, 0.05) is 25.7 Å². The van der Waals surface area contributed by atoms with Gasteiger partial charge in [-0.2, -0.15) is 0 Å². The summed E-state index contributed by atoms with van der Waals surface area (Å²) in [5.74, 6) is 1.64. The molecule has 26 heavy (non-hydrogen) atoms. The summed E-state index contributed by atoms with van der Waals surface area (Å²) in [6.07, 6.45) is 1.54. The van der Waals surface area contributed by atoms with E-state index in [1.807, 2.05) is 44.2 Å². The number of carbonyl (C=O) groups excluding carboxylic acids is 1. The Kier molecular flexibility index (Phi) is 8.59. The minimum absolute atomic E-state index is 0.218. The topological polar surface area (TPSA) is 75.2 Å². The van der Waals surface area contributed by atoms with E-state index in [9.17, 15) is 4.79 Å². The SMILES string of the molecule is CCNC(=NCCOc1ccccc1)NC1CCN(C(=O)OCC)CC1. The number of aliphatic imine (C=N–C) groups is 1. The number of piperidine rings is 1. The fourth-order valence-electron chi connectivity index (χ4n) is 2.77. The molecule has 0 aliphatic carbocycles. The molecule has 0 radical (unpaired) electrons. The highest BCUT2D eigenvalue weighted by molar-refractivity contribution is 5.80. The average Bonchev–Trinajstić information content (AvgIpc) is 2.67. The fraction of sp³-hybridized carbons (Fsp3) is 0.579. The molecule has 2 N–H and O–H groups in total. The van der Waals surface area contributed by atoms with E-state index in [2.05, 4.69) is 15.6 Å². The lowest BCUT2D eigenvalue weighted by Crippen LogP contribution is -2.50. The maximum absolute atomic E-state index is 11.8. The highest BCUT2D eigenvalue weighted by atomic mass is 16.6. The summed E-state index contributed by atoms with van der Waals surface area (Å²) in [5, 5.41) is 6.71. The van der Waals surface area contributed by atoms with Crippen LogP contribution in [0.4, 0.5) is 4.79 Å². The van der Waals surface area contributed by atoms with E-state index in [0.29, 0.717) is 38.9 Å². The van der Waals surface area contributed by atoms with E-state index in [4.69, 9.17) is 9.47 Å². The van der Waals surface area contributed by atoms with Crippen LogP contribution in [0.2, 0.25) is 0 Å². The lowest BCUT2D eigenvalue weighted by molar-refractivity contribution is 0.0963. The van der Waals surface area contributed by atoms with Gasteiger partial charge in [0.05, 0.1) is 13.2 Å². The monoisotopic (exact) mass is 362 g/mol. The number of carbonyl (C=O) groups is 1. The van der Waals surface area contributed by atoms with E-state index < -0.39 is 0 Å². The Hall–Kier alpha value is -2.44. The molecule has 1 aromatic carbocycles. The molecule has 1 amide bonds. The molecular weight excluding hydrogens is 332 g/mol. The first kappa shape index (κ1) is 19.9. The van der Waals surface area contributed by atoms with E-state index in [0.717, 1.165) is 31.1 Å². The molecule has 0 spiro atoms. The van der Waals surface area contributed by atoms with Crippen molar-refractivity contribution in [1.29, 1.82) is 0 Å². The molecule has 7 nitrogen and oxygen atoms in total. The summed E-state index contributed by atoms with van der Waals surface area (Å²) in [6.45, 7) is 7.59. The number of rotatable bonds is 7. The first-order chi connectivity index (χ1) is 12.7. The molecule has 1 fully saturated rings. The Morgan fingerprint density at radius 1 is 1.23 bits per heavy atom. The maximum Gasteiger partial charge on any atom is 0.409 e. The lowest BCUT2D eigenvalue weighted by Gasteiger charge is -2.32. The fourth-order valence-corrected chi connectivity index (χ4v) is 2.77. The standard InChI is InChI=1S/C19H30N4O3/c1-3-20-18(21-12-15-26-17-8-6-5-7-9-17)22-16-10-13-23(14-11-16)19(24)25-4-2/h5-9,16H,3-4,10-15H2,1-2H3,(H2,20,21,22). The van der Waals surface area contributed by atoms with E-state index >= 15 is 0 Å². The third-order valence-electron chi connectivity index (χ3n) is 4.08. The number of guanidine groups is 1. The zero-order valence-corrected chi connectivity index (χ0v) is 15.7. The van der Waals surface area contributed by atoms with Crippen molar-refractivity contribution in [2.24, 2.45) is 4.99 Å². The molecule has 1 saturated heterocycles. The van der Waals surface area contributed by atoms with Gasteiger partial charge in [0.15, 0.2) is 5.96 Å². The molecule has 7 heteroatoms. The van der Waals surface area contributed by atoms with Crippen LogP contribution in [0.15, 0.2) is 35.3 Å². The van der Waals surface area contributed by atoms with Crippen LogP contribution in [0.25, 0.3) is 0 Å². The summed E-state index contributed by atoms with van der Waals surface area (Å²) < 4.78 is 10.7. The van der Waals surface area contributed by atoms with Crippen LogP contribution in [0.3, 0.4) is 0 Å². The van der Waals surface area contributed by atoms with Gasteiger partial charge >= 0.3 is 6.09 Å². The lowest BCUT2D eigenvalue weighted by atomic mass is 10.1. The van der Waals surface area contributed by atoms with Crippen LogP contribution in [0.5, 0.6) is 5.75 Å². The van der Waals surface area contributed by atoms with Crippen molar-refractivity contribution in [1.82, 2.24) is 15.5 Å². The zero-order valence-electron chi connectivity index (χ0n) is 15.7. The molecule has 2 rings (SSSR count). The first-order valence-corrected chi connectivity index (χ1v) is 9.37. The summed E-state index contributed by atoms with van der Waals surface area (Å²) >= 11 is 0. The average molecular weight is 362 g/mol. The molecule has 0 unspecified atom stereocenters. The van der Waals surface area contributed by atoms with Gasteiger partial charge in [-0.3, -0.25) is 0 Å². The van der Waals surface area contributed by atoms with Crippen molar-refractivity contribution < 1.29 is 14.3 Å². The Morgan fingerprint density at radius 2 is 1.96 bits per heavy atom. The van der Waals surface area contributed by atoms with Crippen LogP contribution in [-0.4, -0.2) is 62.4 Å². The van der Waals surface area contributed by atoms with Crippen molar-refractivity contribution in [3.8, 4) is 5.75 Å². The molecule has 0 aromatic heterocycles. The smallest absolute Gasteiger partial charge is 0.409 e. The highest BCUT2D eigenvalue weighted by Gasteiger charge is 2.23. The molecule has 1 aliphatic heterocycles. The third-order valence-corrected chi connectivity index (χ3v) is 4.08. The Labute approximate surface area is 155 Å². The summed E-state index contributed by atoms with van der Waals surface area (Å²) in [5.41, 5.74) is 0. The molecule has 144 valence electrons. The predicted octanol–water partition coefficient (Wildman–Crippen LogP) is 2.24. The summed E-state index contributed by atoms with van der Waals surface area (Å²) in [6, 6.07) is 10.0. The largest absolute Gasteiger partial charge is 0.492 e. The van der Waals surface area contributed by atoms with Gasteiger partial charge in [0.25, 0.3) is 0 Å². The van der Waals surface area contributed by atoms with Crippen LogP contribution in [0, 0.1) is 0 Å². The molecule has 0 atom stereocenters. The molecule has 0 bridgehead atoms. The van der Waals surface area contributed by atoms with Crippen molar-refractivity contribution >= 4 is 12.1 Å². The van der Waals surface area contributed by atoms with Gasteiger partial charge in [-0.25, -0.2) is 9.79 Å². The van der Waals surface area contributed by atoms with Gasteiger partial charge in [0.1, 0.15) is 12.4 Å². The molecule has 1 heterocycles. The number of likely N-dealkylation sites (tertiary alicyclic amines) is 1. The Balaban J connectivity index is 1.74. The van der Waals surface area contributed by atoms with Crippen LogP contribution < -0.4 is 15.4 Å². The maximum atomic E-state index is 11.8. The molecule has 1 aromatic rings. The quantitative estimate of drug-likeness (QED) is 0.442. The number of para-hydroxylation sites is 1. The van der Waals surface area contributed by atoms with Crippen LogP contribution in [0.1, 0.15) is 26.7 Å². The van der Waals surface area contributed by atoms with Gasteiger partial charge in [0.2, 0.25) is 0 Å². The van der Waals surface area contributed by atoms with E-state index in [1.54, 1.807) is 4.90 Å². The number of hydrogen-bond donors (Lipinski definition) is 2. The minimum Gasteiger partial charge on any atom is -0.492 e. The normalized spacial score (nSPS) is 15.5. The number of amides is 1. The van der Waals surface area contributed by atoms with Crippen LogP contribution >= 0.6 is 0 Å². The predicted molar refractivity (Wildman–Crippen MR) is 103 cm³/mol. The number of benzene rings is 1. The molecule has 0 saturated carbocycles. The summed E-state index contributed by atoms with van der Waals surface area (Å²) in [4.78, 5) is 18.1. The first-order valence-electron chi connectivity index (χ1n) is 9.37. The second kappa shape index (κ2) is 11.2. The number of hydrogen-bond acceptors (Lipinski definition) is 4. The highest BCUT2D eigenvalue weighted by Crippen LogP contribution is 2.11. The number of ether oxygens (including phenoxy) is 2. The van der Waals surface area contributed by atoms with Crippen LogP contribution in [-0.2, 0) is 4.74 Å². The Morgan fingerprint density at radius 3 is 2.62 bits per heavy atom. The van der Waals surface area contributed by atoms with Crippen molar-refractivity contribution in [3.63, 3.8) is 0 Å². The summed E-state index contributed by atoms with van der Waals surface area (Å²) in [7, 11) is 0. The second-order valence-corrected chi connectivity index (χ2v) is 6.03. The third kappa shape index (κ3) is 6.82. The van der Waals surface area contributed by atoms with E-state index in [1.165, 1.54) is 0 Å². The van der Waals surface area contributed by atoms with E-state index in [-0.39, 0.29) is 6.09 Å². The van der Waals surface area contributed by atoms with Crippen molar-refractivity contribution in [2.45, 2.75) is 32.7 Å². The van der Waals surface area contributed by atoms with Gasteiger partial charge < -0.3 is 25.0 Å². The van der Waals surface area contributed by atoms with Gasteiger partial charge in [-0.05, 0) is 38.8 Å². The molecular formula is C19H30N4O3. The zero-order chi connectivity index (χ0) is 18.6. The molecule has 1 aliphatic rings.